The number of rotatable bonds is 4. The van der Waals surface area contributed by atoms with Gasteiger partial charge in [-0.3, -0.25) is 9.59 Å². The lowest BCUT2D eigenvalue weighted by Crippen LogP contribution is -2.26. The largest absolute Gasteiger partial charge is 0.459 e. The third-order valence-electron chi connectivity index (χ3n) is 4.25. The van der Waals surface area contributed by atoms with Gasteiger partial charge in [-0.25, -0.2) is 0 Å². The number of furan rings is 1. The summed E-state index contributed by atoms with van der Waals surface area (Å²) in [6, 6.07) is 14.9. The Morgan fingerprint density at radius 3 is 2.76 bits per heavy atom. The van der Waals surface area contributed by atoms with E-state index < -0.39 is 0 Å². The van der Waals surface area contributed by atoms with Crippen LogP contribution in [0.25, 0.3) is 0 Å². The molecule has 0 aliphatic heterocycles. The minimum absolute atomic E-state index is 0.0481. The summed E-state index contributed by atoms with van der Waals surface area (Å²) in [6.07, 6.45) is 3.34. The Hall–Kier alpha value is -2.86. The number of fused-ring (bicyclic) bond motifs is 1. The van der Waals surface area contributed by atoms with Crippen LogP contribution in [-0.2, 0) is 6.42 Å². The fraction of sp³-hybridized carbons (Fsp3) is 0.158. The van der Waals surface area contributed by atoms with E-state index in [9.17, 15) is 9.59 Å². The van der Waals surface area contributed by atoms with Crippen molar-refractivity contribution >= 4 is 28.2 Å². The van der Waals surface area contributed by atoms with E-state index in [0.29, 0.717) is 9.88 Å². The maximum atomic E-state index is 12.5. The quantitative estimate of drug-likeness (QED) is 0.745. The number of carbonyl (C=O) groups excluding carboxylic acids is 2. The molecule has 4 rings (SSSR count). The van der Waals surface area contributed by atoms with Crippen molar-refractivity contribution in [2.45, 2.75) is 18.9 Å². The van der Waals surface area contributed by atoms with Crippen molar-refractivity contribution in [1.29, 1.82) is 0 Å². The Morgan fingerprint density at radius 2 is 1.92 bits per heavy atom. The molecule has 25 heavy (non-hydrogen) atoms. The maximum Gasteiger partial charge on any atom is 0.291 e. The van der Waals surface area contributed by atoms with Crippen molar-refractivity contribution < 1.29 is 14.0 Å². The second kappa shape index (κ2) is 6.57. The van der Waals surface area contributed by atoms with Gasteiger partial charge < -0.3 is 15.1 Å². The van der Waals surface area contributed by atoms with Gasteiger partial charge in [-0.05, 0) is 48.2 Å². The van der Waals surface area contributed by atoms with Crippen LogP contribution in [-0.4, -0.2) is 11.8 Å². The number of hydrogen-bond acceptors (Lipinski definition) is 4. The van der Waals surface area contributed by atoms with Crippen LogP contribution in [0.4, 0.5) is 5.00 Å². The molecule has 5 nitrogen and oxygen atoms in total. The Bertz CT molecular complexity index is 914. The molecule has 1 aliphatic carbocycles. The number of carbonyl (C=O) groups is 2. The summed E-state index contributed by atoms with van der Waals surface area (Å²) in [7, 11) is 0. The standard InChI is InChI=1S/C19H16N2O3S/c22-18(15-6-3-11-24-15)21-17-10-9-16(25-17)19(23)20-14-8-7-12-4-1-2-5-13(12)14/h1-6,9-11,14H,7-8H2,(H,20,23)(H,21,22). The van der Waals surface area contributed by atoms with Crippen LogP contribution in [0.2, 0.25) is 0 Å². The molecule has 1 aromatic carbocycles. The van der Waals surface area contributed by atoms with Gasteiger partial charge in [0, 0.05) is 0 Å². The molecule has 2 amide bonds. The predicted octanol–water partition coefficient (Wildman–Crippen LogP) is 4.01. The van der Waals surface area contributed by atoms with Crippen LogP contribution in [0.5, 0.6) is 0 Å². The molecule has 1 atom stereocenters. The average Bonchev–Trinajstić information content (AvgIpc) is 3.36. The molecule has 0 saturated heterocycles. The van der Waals surface area contributed by atoms with Crippen LogP contribution in [0.1, 0.15) is 43.8 Å². The van der Waals surface area contributed by atoms with Gasteiger partial charge in [0.05, 0.1) is 22.2 Å². The summed E-state index contributed by atoms with van der Waals surface area (Å²) in [6.45, 7) is 0. The summed E-state index contributed by atoms with van der Waals surface area (Å²) in [5.41, 5.74) is 2.49. The fourth-order valence-corrected chi connectivity index (χ4v) is 3.85. The van der Waals surface area contributed by atoms with Crippen molar-refractivity contribution in [2.24, 2.45) is 0 Å². The van der Waals surface area contributed by atoms with Crippen LogP contribution in [0.3, 0.4) is 0 Å². The molecule has 0 spiro atoms. The van der Waals surface area contributed by atoms with E-state index >= 15 is 0 Å². The van der Waals surface area contributed by atoms with Crippen LogP contribution < -0.4 is 10.6 Å². The zero-order chi connectivity index (χ0) is 17.2. The van der Waals surface area contributed by atoms with E-state index in [0.717, 1.165) is 12.8 Å². The maximum absolute atomic E-state index is 12.5. The lowest BCUT2D eigenvalue weighted by atomic mass is 10.1. The highest BCUT2D eigenvalue weighted by molar-refractivity contribution is 7.18. The third-order valence-corrected chi connectivity index (χ3v) is 5.25. The minimum Gasteiger partial charge on any atom is -0.459 e. The van der Waals surface area contributed by atoms with Gasteiger partial charge in [-0.2, -0.15) is 0 Å². The highest BCUT2D eigenvalue weighted by Gasteiger charge is 2.24. The van der Waals surface area contributed by atoms with Gasteiger partial charge in [0.1, 0.15) is 0 Å². The number of amides is 2. The number of benzene rings is 1. The van der Waals surface area contributed by atoms with Crippen LogP contribution in [0, 0.1) is 0 Å². The van der Waals surface area contributed by atoms with Gasteiger partial charge in [0.25, 0.3) is 11.8 Å². The molecular formula is C19H16N2O3S. The van der Waals surface area contributed by atoms with Crippen molar-refractivity contribution in [1.82, 2.24) is 5.32 Å². The second-order valence-corrected chi connectivity index (χ2v) is 6.94. The van der Waals surface area contributed by atoms with E-state index in [2.05, 4.69) is 22.8 Å². The molecule has 0 bridgehead atoms. The first-order valence-corrected chi connectivity index (χ1v) is 8.86. The number of nitrogens with one attached hydrogen (secondary N) is 2. The number of hydrogen-bond donors (Lipinski definition) is 2. The molecule has 2 N–H and O–H groups in total. The summed E-state index contributed by atoms with van der Waals surface area (Å²) >= 11 is 1.25. The number of thiophene rings is 1. The van der Waals surface area contributed by atoms with Crippen LogP contribution >= 0.6 is 11.3 Å². The van der Waals surface area contributed by atoms with E-state index in [1.54, 1.807) is 24.3 Å². The first kappa shape index (κ1) is 15.7. The van der Waals surface area contributed by atoms with Crippen molar-refractivity contribution in [3.63, 3.8) is 0 Å². The summed E-state index contributed by atoms with van der Waals surface area (Å²) in [5.74, 6) is -0.212. The van der Waals surface area contributed by atoms with Crippen molar-refractivity contribution in [3.05, 3.63) is 76.6 Å². The van der Waals surface area contributed by atoms with Gasteiger partial charge in [0.15, 0.2) is 5.76 Å². The van der Waals surface area contributed by atoms with E-state index in [1.807, 2.05) is 12.1 Å². The van der Waals surface area contributed by atoms with E-state index in [4.69, 9.17) is 4.42 Å². The Labute approximate surface area is 148 Å². The molecule has 1 unspecified atom stereocenters. The van der Waals surface area contributed by atoms with Gasteiger partial charge in [0.2, 0.25) is 0 Å². The molecule has 2 heterocycles. The molecule has 1 aliphatic rings. The first-order chi connectivity index (χ1) is 12.2. The molecule has 0 saturated carbocycles. The predicted molar refractivity (Wildman–Crippen MR) is 96.0 cm³/mol. The molecule has 126 valence electrons. The number of anilines is 1. The molecular weight excluding hydrogens is 336 g/mol. The fourth-order valence-electron chi connectivity index (χ4n) is 3.04. The number of aryl methyl sites for hydroxylation is 1. The Morgan fingerprint density at radius 1 is 1.04 bits per heavy atom. The zero-order valence-corrected chi connectivity index (χ0v) is 14.1. The Kier molecular flexibility index (Phi) is 4.11. The van der Waals surface area contributed by atoms with E-state index in [1.165, 1.54) is 28.7 Å². The van der Waals surface area contributed by atoms with Gasteiger partial charge >= 0.3 is 0 Å². The molecule has 6 heteroatoms. The first-order valence-electron chi connectivity index (χ1n) is 8.04. The second-order valence-electron chi connectivity index (χ2n) is 5.86. The average molecular weight is 352 g/mol. The molecule has 0 fully saturated rings. The van der Waals surface area contributed by atoms with Crippen molar-refractivity contribution in [3.8, 4) is 0 Å². The molecule has 3 aromatic rings. The monoisotopic (exact) mass is 352 g/mol. The zero-order valence-electron chi connectivity index (χ0n) is 13.3. The highest BCUT2D eigenvalue weighted by Crippen LogP contribution is 2.31. The normalized spacial score (nSPS) is 15.6. The van der Waals surface area contributed by atoms with E-state index in [-0.39, 0.29) is 23.6 Å². The lowest BCUT2D eigenvalue weighted by Gasteiger charge is -2.13. The Balaban J connectivity index is 1.42. The molecule has 2 aromatic heterocycles. The smallest absolute Gasteiger partial charge is 0.291 e. The summed E-state index contributed by atoms with van der Waals surface area (Å²) < 4.78 is 5.06. The van der Waals surface area contributed by atoms with Gasteiger partial charge in [-0.15, -0.1) is 11.3 Å². The SMILES string of the molecule is O=C(Nc1ccc(C(=O)NC2CCc3ccccc32)s1)c1ccco1. The minimum atomic E-state index is -0.330. The van der Waals surface area contributed by atoms with Crippen LogP contribution in [0.15, 0.2) is 59.2 Å². The molecule has 0 radical (unpaired) electrons. The topological polar surface area (TPSA) is 71.3 Å². The summed E-state index contributed by atoms with van der Waals surface area (Å²) in [5, 5.41) is 6.43. The third kappa shape index (κ3) is 3.21. The highest BCUT2D eigenvalue weighted by atomic mass is 32.1. The lowest BCUT2D eigenvalue weighted by molar-refractivity contribution is 0.0939. The van der Waals surface area contributed by atoms with Crippen molar-refractivity contribution in [2.75, 3.05) is 5.32 Å². The van der Waals surface area contributed by atoms with Gasteiger partial charge in [-0.1, -0.05) is 24.3 Å². The summed E-state index contributed by atoms with van der Waals surface area (Å²) in [4.78, 5) is 25.0.